The van der Waals surface area contributed by atoms with Gasteiger partial charge in [-0.2, -0.15) is 5.10 Å². The number of aliphatic hydroxyl groups excluding tert-OH is 1. The number of aliphatic hydroxyl groups is 1. The van der Waals surface area contributed by atoms with E-state index in [0.717, 1.165) is 47.5 Å². The number of nitrogens with zero attached hydrogens (tertiary/aromatic N) is 4. The predicted molar refractivity (Wildman–Crippen MR) is 147 cm³/mol. The van der Waals surface area contributed by atoms with Crippen LogP contribution in [0, 0.1) is 5.92 Å². The number of fused-ring (bicyclic) bond motifs is 1. The van der Waals surface area contributed by atoms with Crippen LogP contribution >= 0.6 is 0 Å². The summed E-state index contributed by atoms with van der Waals surface area (Å²) in [4.78, 5) is 16.7. The Morgan fingerprint density at radius 3 is 2.43 bits per heavy atom. The molecule has 2 aliphatic heterocycles. The number of likely N-dealkylation sites (N-methyl/N-ethyl adjacent to an activating group) is 1. The monoisotopic (exact) mass is 508 g/mol. The fourth-order valence-electron chi connectivity index (χ4n) is 5.09. The fraction of sp³-hybridized carbons (Fsp3) is 0.517. The summed E-state index contributed by atoms with van der Waals surface area (Å²) < 4.78 is 11.2. The maximum Gasteiger partial charge on any atom is 0.241 e. The van der Waals surface area contributed by atoms with Crippen LogP contribution in [-0.4, -0.2) is 79.8 Å². The van der Waals surface area contributed by atoms with Crippen molar-refractivity contribution in [3.05, 3.63) is 53.1 Å². The largest absolute Gasteiger partial charge is 0.493 e. The summed E-state index contributed by atoms with van der Waals surface area (Å²) >= 11 is 0. The van der Waals surface area contributed by atoms with Crippen molar-refractivity contribution < 1.29 is 19.4 Å². The molecule has 2 aliphatic rings. The van der Waals surface area contributed by atoms with Gasteiger partial charge in [-0.15, -0.1) is 0 Å². The summed E-state index contributed by atoms with van der Waals surface area (Å²) in [5, 5.41) is 18.1. The molecule has 4 rings (SSSR count). The first kappa shape index (κ1) is 26.9. The van der Waals surface area contributed by atoms with Gasteiger partial charge < -0.3 is 19.5 Å². The number of anilines is 1. The highest BCUT2D eigenvalue weighted by atomic mass is 16.5. The minimum atomic E-state index is -0.709. The first-order chi connectivity index (χ1) is 17.8. The molecule has 0 saturated carbocycles. The summed E-state index contributed by atoms with van der Waals surface area (Å²) in [6.45, 7) is 8.24. The number of hydrogen-bond acceptors (Lipinski definition) is 7. The molecule has 1 saturated heterocycles. The topological polar surface area (TPSA) is 77.8 Å². The molecule has 0 aromatic heterocycles. The number of carbonyl (C=O) groups excluding carboxylic acids is 1. The Labute approximate surface area is 220 Å². The van der Waals surface area contributed by atoms with Crippen molar-refractivity contribution in [1.82, 2.24) is 9.91 Å². The van der Waals surface area contributed by atoms with E-state index in [1.807, 2.05) is 60.3 Å². The van der Waals surface area contributed by atoms with E-state index in [4.69, 9.17) is 14.6 Å². The number of hydrogen-bond donors (Lipinski definition) is 1. The van der Waals surface area contributed by atoms with E-state index in [0.29, 0.717) is 31.0 Å². The van der Waals surface area contributed by atoms with Crippen LogP contribution in [0.1, 0.15) is 50.3 Å². The Morgan fingerprint density at radius 1 is 1.11 bits per heavy atom. The summed E-state index contributed by atoms with van der Waals surface area (Å²) in [6, 6.07) is 12.0. The normalized spacial score (nSPS) is 20.5. The van der Waals surface area contributed by atoms with Crippen molar-refractivity contribution in [2.45, 2.75) is 52.3 Å². The van der Waals surface area contributed by atoms with Gasteiger partial charge in [-0.3, -0.25) is 14.7 Å². The Balaban J connectivity index is 1.79. The second-order valence-electron chi connectivity index (χ2n) is 10.2. The summed E-state index contributed by atoms with van der Waals surface area (Å²) in [5.74, 6) is 1.47. The number of hydrazone groups is 1. The Bertz CT molecular complexity index is 1130. The fourth-order valence-corrected chi connectivity index (χ4v) is 5.09. The number of methoxy groups -OCH3 is 2. The van der Waals surface area contributed by atoms with Crippen LogP contribution < -0.4 is 14.4 Å². The Morgan fingerprint density at radius 2 is 1.78 bits per heavy atom. The second kappa shape index (κ2) is 11.5. The molecule has 2 aromatic rings. The van der Waals surface area contributed by atoms with Crippen LogP contribution in [0.2, 0.25) is 0 Å². The summed E-state index contributed by atoms with van der Waals surface area (Å²) in [5.41, 5.74) is 4.58. The van der Waals surface area contributed by atoms with Gasteiger partial charge in [0.15, 0.2) is 11.5 Å². The minimum Gasteiger partial charge on any atom is -0.493 e. The zero-order valence-corrected chi connectivity index (χ0v) is 22.9. The van der Waals surface area contributed by atoms with Gasteiger partial charge in [-0.05, 0) is 63.1 Å². The van der Waals surface area contributed by atoms with Crippen molar-refractivity contribution in [2.75, 3.05) is 45.8 Å². The average molecular weight is 509 g/mol. The third-order valence-corrected chi connectivity index (χ3v) is 7.55. The highest BCUT2D eigenvalue weighted by Gasteiger charge is 2.31. The number of ether oxygens (including phenoxy) is 2. The number of benzene rings is 2. The van der Waals surface area contributed by atoms with Gasteiger partial charge in [0.05, 0.1) is 32.5 Å². The molecule has 3 atom stereocenters. The molecule has 1 fully saturated rings. The van der Waals surface area contributed by atoms with Gasteiger partial charge in [0, 0.05) is 35.8 Å². The van der Waals surface area contributed by atoms with E-state index in [1.165, 1.54) is 0 Å². The summed E-state index contributed by atoms with van der Waals surface area (Å²) in [6.07, 6.45) is 1.77. The van der Waals surface area contributed by atoms with E-state index >= 15 is 0 Å². The van der Waals surface area contributed by atoms with Crippen LogP contribution in [-0.2, 0) is 11.2 Å². The molecule has 0 radical (unpaired) electrons. The molecular formula is C29H40N4O4. The zero-order valence-electron chi connectivity index (χ0n) is 22.9. The van der Waals surface area contributed by atoms with Gasteiger partial charge in [-0.25, -0.2) is 0 Å². The highest BCUT2D eigenvalue weighted by molar-refractivity contribution is 6.14. The van der Waals surface area contributed by atoms with Gasteiger partial charge >= 0.3 is 0 Å². The van der Waals surface area contributed by atoms with E-state index in [-0.39, 0.29) is 17.9 Å². The molecule has 2 heterocycles. The lowest BCUT2D eigenvalue weighted by Gasteiger charge is -2.33. The molecule has 1 N–H and O–H groups in total. The molecule has 1 amide bonds. The lowest BCUT2D eigenvalue weighted by Crippen LogP contribution is -2.42. The second-order valence-corrected chi connectivity index (χ2v) is 10.2. The molecule has 8 heteroatoms. The lowest BCUT2D eigenvalue weighted by molar-refractivity contribution is -0.118. The number of rotatable bonds is 7. The van der Waals surface area contributed by atoms with E-state index < -0.39 is 6.23 Å². The Kier molecular flexibility index (Phi) is 8.39. The van der Waals surface area contributed by atoms with Crippen LogP contribution in [0.4, 0.5) is 5.69 Å². The molecule has 2 aromatic carbocycles. The zero-order chi connectivity index (χ0) is 26.7. The van der Waals surface area contributed by atoms with Crippen LogP contribution in [0.3, 0.4) is 0 Å². The highest BCUT2D eigenvalue weighted by Crippen LogP contribution is 2.35. The van der Waals surface area contributed by atoms with Crippen molar-refractivity contribution in [1.29, 1.82) is 0 Å². The van der Waals surface area contributed by atoms with Crippen LogP contribution in [0.15, 0.2) is 41.5 Å². The molecule has 0 spiro atoms. The molecule has 0 bridgehead atoms. The average Bonchev–Trinajstić information content (AvgIpc) is 3.16. The van der Waals surface area contributed by atoms with Crippen molar-refractivity contribution in [2.24, 2.45) is 11.0 Å². The third-order valence-electron chi connectivity index (χ3n) is 7.55. The molecule has 200 valence electrons. The van der Waals surface area contributed by atoms with E-state index in [1.54, 1.807) is 14.2 Å². The summed E-state index contributed by atoms with van der Waals surface area (Å²) in [7, 11) is 5.25. The maximum atomic E-state index is 12.8. The third kappa shape index (κ3) is 5.60. The van der Waals surface area contributed by atoms with E-state index in [2.05, 4.69) is 18.7 Å². The molecule has 0 aliphatic carbocycles. The van der Waals surface area contributed by atoms with Crippen LogP contribution in [0.25, 0.3) is 0 Å². The molecule has 3 unspecified atom stereocenters. The number of carbonyl (C=O) groups is 1. The Hall–Kier alpha value is -3.10. The minimum absolute atomic E-state index is 0.0238. The molecular weight excluding hydrogens is 468 g/mol. The van der Waals surface area contributed by atoms with Gasteiger partial charge in [0.2, 0.25) is 5.91 Å². The predicted octanol–water partition coefficient (Wildman–Crippen LogP) is 3.74. The van der Waals surface area contributed by atoms with Crippen LogP contribution in [0.5, 0.6) is 11.5 Å². The van der Waals surface area contributed by atoms with Crippen molar-refractivity contribution in [3.63, 3.8) is 0 Å². The van der Waals surface area contributed by atoms with E-state index in [9.17, 15) is 9.90 Å². The van der Waals surface area contributed by atoms with Gasteiger partial charge in [-0.1, -0.05) is 26.0 Å². The van der Waals surface area contributed by atoms with Crippen molar-refractivity contribution in [3.8, 4) is 11.5 Å². The first-order valence-corrected chi connectivity index (χ1v) is 13.2. The first-order valence-electron chi connectivity index (χ1n) is 13.2. The van der Waals surface area contributed by atoms with Crippen molar-refractivity contribution >= 4 is 17.3 Å². The molecule has 37 heavy (non-hydrogen) atoms. The smallest absolute Gasteiger partial charge is 0.241 e. The maximum absolute atomic E-state index is 12.8. The molecule has 8 nitrogen and oxygen atoms in total. The lowest BCUT2D eigenvalue weighted by atomic mass is 9.93. The van der Waals surface area contributed by atoms with Gasteiger partial charge in [0.25, 0.3) is 0 Å². The number of amides is 1. The SMILES string of the molecule is CCC(C)C(O)N1N=C(c2ccc(N3CCCN(C)CC3=O)cc2)c2cc(OC)c(OC)cc2CC1C. The van der Waals surface area contributed by atoms with Gasteiger partial charge in [0.1, 0.15) is 6.23 Å². The quantitative estimate of drug-likeness (QED) is 0.614. The standard InChI is InChI=1S/C29H40N4O4/c1-7-19(2)29(35)33-20(3)15-22-16-25(36-5)26(37-6)17-24(22)28(30-33)21-9-11-23(12-10-21)32-14-8-13-31(4)18-27(32)34/h9-12,16-17,19-20,29,35H,7-8,13-15,18H2,1-6H3.